The topological polar surface area (TPSA) is 51.0 Å². The zero-order valence-corrected chi connectivity index (χ0v) is 9.45. The number of furan rings is 1. The lowest BCUT2D eigenvalue weighted by Gasteiger charge is -2.07. The summed E-state index contributed by atoms with van der Waals surface area (Å²) < 4.78 is 42.5. The van der Waals surface area contributed by atoms with E-state index >= 15 is 0 Å². The molecule has 0 amide bonds. The summed E-state index contributed by atoms with van der Waals surface area (Å²) in [7, 11) is 0. The fourth-order valence-corrected chi connectivity index (χ4v) is 1.35. The molecule has 0 radical (unpaired) electrons. The number of nitrogens with zero attached hydrogens (tertiary/aromatic N) is 2. The third kappa shape index (κ3) is 2.99. The second-order valence-electron chi connectivity index (χ2n) is 3.63. The van der Waals surface area contributed by atoms with E-state index in [2.05, 4.69) is 15.3 Å². The molecule has 0 saturated heterocycles. The van der Waals surface area contributed by atoms with Crippen LogP contribution in [0.5, 0.6) is 0 Å². The molecule has 0 aliphatic rings. The zero-order chi connectivity index (χ0) is 13.2. The molecule has 0 aliphatic heterocycles. The fourth-order valence-electron chi connectivity index (χ4n) is 1.35. The Morgan fingerprint density at radius 2 is 2.06 bits per heavy atom. The van der Waals surface area contributed by atoms with Gasteiger partial charge in [-0.2, -0.15) is 13.2 Å². The molecule has 4 nitrogen and oxygen atoms in total. The molecule has 2 aromatic rings. The Labute approximate surface area is 101 Å². The van der Waals surface area contributed by atoms with Gasteiger partial charge in [-0.25, -0.2) is 9.97 Å². The minimum absolute atomic E-state index is 0.0844. The predicted octanol–water partition coefficient (Wildman–Crippen LogP) is 3.01. The number of anilines is 1. The van der Waals surface area contributed by atoms with Gasteiger partial charge in [-0.05, 0) is 25.1 Å². The highest BCUT2D eigenvalue weighted by molar-refractivity contribution is 5.27. The molecule has 0 saturated carbocycles. The smallest absolute Gasteiger partial charge is 0.433 e. The summed E-state index contributed by atoms with van der Waals surface area (Å²) in [6.07, 6.45) is -3.41. The van der Waals surface area contributed by atoms with Crippen molar-refractivity contribution in [3.63, 3.8) is 0 Å². The average molecular weight is 257 g/mol. The molecule has 0 aliphatic carbocycles. The van der Waals surface area contributed by atoms with E-state index in [0.29, 0.717) is 5.76 Å². The molecule has 0 spiro atoms. The number of aryl methyl sites for hydroxylation is 1. The Bertz CT molecular complexity index is 536. The minimum Gasteiger partial charge on any atom is -0.465 e. The van der Waals surface area contributed by atoms with Crippen LogP contribution in [-0.4, -0.2) is 9.97 Å². The van der Waals surface area contributed by atoms with Crippen molar-refractivity contribution in [3.8, 4) is 0 Å². The second kappa shape index (κ2) is 4.67. The van der Waals surface area contributed by atoms with Crippen LogP contribution in [-0.2, 0) is 12.7 Å². The fraction of sp³-hybridized carbons (Fsp3) is 0.273. The molecule has 2 heterocycles. The summed E-state index contributed by atoms with van der Waals surface area (Å²) in [4.78, 5) is 7.09. The van der Waals surface area contributed by atoms with Gasteiger partial charge in [0.1, 0.15) is 17.2 Å². The van der Waals surface area contributed by atoms with Crippen LogP contribution in [0.2, 0.25) is 0 Å². The first-order valence-electron chi connectivity index (χ1n) is 5.14. The summed E-state index contributed by atoms with van der Waals surface area (Å²) in [6, 6.07) is 4.32. The largest absolute Gasteiger partial charge is 0.465 e. The monoisotopic (exact) mass is 257 g/mol. The number of nitrogens with one attached hydrogen (secondary N) is 1. The molecular formula is C11H10F3N3O. The van der Waals surface area contributed by atoms with Crippen LogP contribution in [0.4, 0.5) is 19.1 Å². The van der Waals surface area contributed by atoms with Gasteiger partial charge >= 0.3 is 6.18 Å². The van der Waals surface area contributed by atoms with Crippen molar-refractivity contribution in [1.82, 2.24) is 9.97 Å². The Kier molecular flexibility index (Phi) is 3.22. The molecule has 0 unspecified atom stereocenters. The molecule has 18 heavy (non-hydrogen) atoms. The lowest BCUT2D eigenvalue weighted by molar-refractivity contribution is -0.141. The van der Waals surface area contributed by atoms with E-state index in [4.69, 9.17) is 4.42 Å². The van der Waals surface area contributed by atoms with Crippen LogP contribution >= 0.6 is 0 Å². The number of alkyl halides is 3. The van der Waals surface area contributed by atoms with Crippen LogP contribution in [0, 0.1) is 6.92 Å². The Hall–Kier alpha value is -2.05. The predicted molar refractivity (Wildman–Crippen MR) is 57.8 cm³/mol. The van der Waals surface area contributed by atoms with Gasteiger partial charge in [-0.1, -0.05) is 0 Å². The normalized spacial score (nSPS) is 11.6. The average Bonchev–Trinajstić information content (AvgIpc) is 2.72. The SMILES string of the molecule is Cc1ccc(CNc2nccc(C(F)(F)F)n2)o1. The number of rotatable bonds is 3. The van der Waals surface area contributed by atoms with Crippen molar-refractivity contribution in [1.29, 1.82) is 0 Å². The summed E-state index contributed by atoms with van der Waals surface area (Å²) in [5.74, 6) is 1.25. The van der Waals surface area contributed by atoms with Gasteiger partial charge in [-0.3, -0.25) is 0 Å². The summed E-state index contributed by atoms with van der Waals surface area (Å²) >= 11 is 0. The van der Waals surface area contributed by atoms with E-state index < -0.39 is 11.9 Å². The highest BCUT2D eigenvalue weighted by Crippen LogP contribution is 2.27. The highest BCUT2D eigenvalue weighted by atomic mass is 19.4. The van der Waals surface area contributed by atoms with Crippen molar-refractivity contribution in [2.45, 2.75) is 19.6 Å². The standard InChI is InChI=1S/C11H10F3N3O/c1-7-2-3-8(18-7)6-16-10-15-5-4-9(17-10)11(12,13)14/h2-5H,6H2,1H3,(H,15,16,17). The van der Waals surface area contributed by atoms with Crippen molar-refractivity contribution >= 4 is 5.95 Å². The van der Waals surface area contributed by atoms with E-state index in [1.54, 1.807) is 19.1 Å². The summed E-state index contributed by atoms with van der Waals surface area (Å²) in [5.41, 5.74) is -0.976. The lowest BCUT2D eigenvalue weighted by atomic mass is 10.4. The van der Waals surface area contributed by atoms with Crippen LogP contribution in [0.3, 0.4) is 0 Å². The Morgan fingerprint density at radius 3 is 2.67 bits per heavy atom. The number of aromatic nitrogens is 2. The molecule has 0 fully saturated rings. The van der Waals surface area contributed by atoms with Crippen molar-refractivity contribution in [2.24, 2.45) is 0 Å². The molecule has 96 valence electrons. The maximum absolute atomic E-state index is 12.4. The van der Waals surface area contributed by atoms with Crippen molar-refractivity contribution in [2.75, 3.05) is 5.32 Å². The molecule has 1 N–H and O–H groups in total. The molecule has 2 aromatic heterocycles. The Morgan fingerprint density at radius 1 is 1.28 bits per heavy atom. The molecule has 7 heteroatoms. The molecule has 2 rings (SSSR count). The highest BCUT2D eigenvalue weighted by Gasteiger charge is 2.32. The van der Waals surface area contributed by atoms with E-state index in [-0.39, 0.29) is 12.5 Å². The van der Waals surface area contributed by atoms with Crippen molar-refractivity contribution in [3.05, 3.63) is 41.6 Å². The number of hydrogen-bond acceptors (Lipinski definition) is 4. The van der Waals surface area contributed by atoms with E-state index in [1.165, 1.54) is 0 Å². The zero-order valence-electron chi connectivity index (χ0n) is 9.45. The van der Waals surface area contributed by atoms with Gasteiger partial charge in [-0.15, -0.1) is 0 Å². The van der Waals surface area contributed by atoms with E-state index in [0.717, 1.165) is 18.0 Å². The minimum atomic E-state index is -4.47. The summed E-state index contributed by atoms with van der Waals surface area (Å²) in [5, 5.41) is 2.67. The molecular weight excluding hydrogens is 247 g/mol. The van der Waals surface area contributed by atoms with E-state index in [9.17, 15) is 13.2 Å². The number of halogens is 3. The molecule has 0 atom stereocenters. The van der Waals surface area contributed by atoms with Gasteiger partial charge in [0.15, 0.2) is 0 Å². The first-order valence-corrected chi connectivity index (χ1v) is 5.14. The van der Waals surface area contributed by atoms with Gasteiger partial charge in [0, 0.05) is 6.20 Å². The third-order valence-electron chi connectivity index (χ3n) is 2.16. The van der Waals surface area contributed by atoms with Crippen LogP contribution in [0.1, 0.15) is 17.2 Å². The quantitative estimate of drug-likeness (QED) is 0.918. The van der Waals surface area contributed by atoms with E-state index in [1.807, 2.05) is 0 Å². The van der Waals surface area contributed by atoms with Crippen LogP contribution in [0.25, 0.3) is 0 Å². The van der Waals surface area contributed by atoms with Crippen LogP contribution < -0.4 is 5.32 Å². The van der Waals surface area contributed by atoms with Crippen LogP contribution in [0.15, 0.2) is 28.8 Å². The third-order valence-corrected chi connectivity index (χ3v) is 2.16. The molecule has 0 bridgehead atoms. The van der Waals surface area contributed by atoms with Gasteiger partial charge in [0.2, 0.25) is 5.95 Å². The second-order valence-corrected chi connectivity index (χ2v) is 3.63. The maximum atomic E-state index is 12.4. The lowest BCUT2D eigenvalue weighted by Crippen LogP contribution is -2.11. The maximum Gasteiger partial charge on any atom is 0.433 e. The van der Waals surface area contributed by atoms with Crippen molar-refractivity contribution < 1.29 is 17.6 Å². The Balaban J connectivity index is 2.06. The van der Waals surface area contributed by atoms with Gasteiger partial charge in [0.05, 0.1) is 6.54 Å². The first-order chi connectivity index (χ1) is 8.45. The van der Waals surface area contributed by atoms with Gasteiger partial charge in [0.25, 0.3) is 0 Å². The summed E-state index contributed by atoms with van der Waals surface area (Å²) in [6.45, 7) is 2.01. The molecule has 0 aromatic carbocycles. The first kappa shape index (κ1) is 12.4. The number of hydrogen-bond donors (Lipinski definition) is 1. The van der Waals surface area contributed by atoms with Gasteiger partial charge < -0.3 is 9.73 Å².